The lowest BCUT2D eigenvalue weighted by molar-refractivity contribution is 0.397. The monoisotopic (exact) mass is 311 g/mol. The topological polar surface area (TPSA) is 35.2 Å². The average molecular weight is 312 g/mol. The van der Waals surface area contributed by atoms with Crippen LogP contribution in [0, 0.1) is 0 Å². The molecule has 0 saturated heterocycles. The van der Waals surface area contributed by atoms with E-state index in [0.29, 0.717) is 5.92 Å². The first kappa shape index (κ1) is 13.9. The van der Waals surface area contributed by atoms with E-state index in [1.54, 1.807) is 7.11 Å². The molecule has 0 aliphatic heterocycles. The lowest BCUT2D eigenvalue weighted by atomic mass is 9.87. The van der Waals surface area contributed by atoms with Crippen LogP contribution in [0.4, 0.5) is 0 Å². The predicted molar refractivity (Wildman–Crippen MR) is 79.3 cm³/mol. The maximum atomic E-state index is 6.17. The predicted octanol–water partition coefficient (Wildman–Crippen LogP) is 3.96. The van der Waals surface area contributed by atoms with Crippen molar-refractivity contribution in [3.05, 3.63) is 27.7 Å². The third-order valence-electron chi connectivity index (χ3n) is 4.14. The van der Waals surface area contributed by atoms with Crippen molar-refractivity contribution in [3.63, 3.8) is 0 Å². The van der Waals surface area contributed by atoms with Gasteiger partial charge in [0.15, 0.2) is 0 Å². The molecule has 2 nitrogen and oxygen atoms in total. The van der Waals surface area contributed by atoms with Crippen molar-refractivity contribution in [1.82, 2.24) is 0 Å². The number of methoxy groups -OCH3 is 1. The Balaban J connectivity index is 2.52. The molecular formula is C15H22BrNO. The molecule has 0 spiro atoms. The van der Waals surface area contributed by atoms with E-state index in [2.05, 4.69) is 48.8 Å². The Kier molecular flexibility index (Phi) is 3.75. The van der Waals surface area contributed by atoms with E-state index in [9.17, 15) is 0 Å². The van der Waals surface area contributed by atoms with Crippen molar-refractivity contribution in [2.75, 3.05) is 7.11 Å². The van der Waals surface area contributed by atoms with Gasteiger partial charge in [-0.2, -0.15) is 0 Å². The van der Waals surface area contributed by atoms with Crippen LogP contribution in [0.15, 0.2) is 16.6 Å². The smallest absolute Gasteiger partial charge is 0.123 e. The molecule has 0 amide bonds. The van der Waals surface area contributed by atoms with E-state index in [-0.39, 0.29) is 11.5 Å². The normalized spacial score (nSPS) is 18.8. The SMILES string of the molecule is COc1cc(C(C)C)c(Br)cc1C1(C(C)N)CC1. The Bertz CT molecular complexity index is 450. The van der Waals surface area contributed by atoms with Crippen LogP contribution in [-0.2, 0) is 5.41 Å². The Labute approximate surface area is 118 Å². The molecule has 0 heterocycles. The molecule has 1 unspecified atom stereocenters. The van der Waals surface area contributed by atoms with Gasteiger partial charge in [0, 0.05) is 21.5 Å². The number of nitrogens with two attached hydrogens (primary N) is 1. The van der Waals surface area contributed by atoms with Gasteiger partial charge in [0.25, 0.3) is 0 Å². The van der Waals surface area contributed by atoms with Crippen molar-refractivity contribution in [1.29, 1.82) is 0 Å². The summed E-state index contributed by atoms with van der Waals surface area (Å²) in [5.74, 6) is 1.46. The van der Waals surface area contributed by atoms with Crippen LogP contribution in [0.3, 0.4) is 0 Å². The Morgan fingerprint density at radius 3 is 2.28 bits per heavy atom. The van der Waals surface area contributed by atoms with Crippen LogP contribution in [0.2, 0.25) is 0 Å². The number of ether oxygens (including phenoxy) is 1. The van der Waals surface area contributed by atoms with Gasteiger partial charge in [0.05, 0.1) is 7.11 Å². The van der Waals surface area contributed by atoms with Crippen molar-refractivity contribution in [3.8, 4) is 5.75 Å². The van der Waals surface area contributed by atoms with Crippen LogP contribution < -0.4 is 10.5 Å². The van der Waals surface area contributed by atoms with Gasteiger partial charge in [0.1, 0.15) is 5.75 Å². The highest BCUT2D eigenvalue weighted by Crippen LogP contribution is 2.54. The van der Waals surface area contributed by atoms with E-state index in [1.165, 1.54) is 15.6 Å². The Morgan fingerprint density at radius 2 is 1.89 bits per heavy atom. The molecule has 1 fully saturated rings. The van der Waals surface area contributed by atoms with Crippen LogP contribution >= 0.6 is 15.9 Å². The third-order valence-corrected chi connectivity index (χ3v) is 4.82. The maximum absolute atomic E-state index is 6.17. The van der Waals surface area contributed by atoms with E-state index >= 15 is 0 Å². The molecule has 1 aliphatic carbocycles. The van der Waals surface area contributed by atoms with Crippen molar-refractivity contribution >= 4 is 15.9 Å². The maximum Gasteiger partial charge on any atom is 0.123 e. The first-order valence-corrected chi connectivity index (χ1v) is 7.35. The van der Waals surface area contributed by atoms with Crippen LogP contribution in [-0.4, -0.2) is 13.2 Å². The van der Waals surface area contributed by atoms with E-state index in [4.69, 9.17) is 10.5 Å². The molecule has 1 aromatic carbocycles. The zero-order valence-electron chi connectivity index (χ0n) is 11.6. The molecule has 0 aromatic heterocycles. The number of halogens is 1. The second-order valence-corrected chi connectivity index (χ2v) is 6.53. The summed E-state index contributed by atoms with van der Waals surface area (Å²) in [6.45, 7) is 6.48. The molecule has 18 heavy (non-hydrogen) atoms. The van der Waals surface area contributed by atoms with Gasteiger partial charge >= 0.3 is 0 Å². The highest BCUT2D eigenvalue weighted by Gasteiger charge is 2.49. The van der Waals surface area contributed by atoms with Gasteiger partial charge in [0.2, 0.25) is 0 Å². The summed E-state index contributed by atoms with van der Waals surface area (Å²) in [5.41, 5.74) is 8.84. The number of benzene rings is 1. The summed E-state index contributed by atoms with van der Waals surface area (Å²) in [7, 11) is 1.74. The van der Waals surface area contributed by atoms with Crippen molar-refractivity contribution < 1.29 is 4.74 Å². The van der Waals surface area contributed by atoms with E-state index in [1.807, 2.05) is 0 Å². The quantitative estimate of drug-likeness (QED) is 0.913. The van der Waals surface area contributed by atoms with Gasteiger partial charge in [-0.15, -0.1) is 0 Å². The molecule has 1 aliphatic rings. The Morgan fingerprint density at radius 1 is 1.28 bits per heavy atom. The van der Waals surface area contributed by atoms with Gasteiger partial charge < -0.3 is 10.5 Å². The summed E-state index contributed by atoms with van der Waals surface area (Å²) in [6.07, 6.45) is 2.32. The standard InChI is InChI=1S/C15H22BrNO/c1-9(2)11-7-14(18-4)12(8-13(11)16)15(5-6-15)10(3)17/h7-10H,5-6,17H2,1-4H3. The molecule has 3 heteroatoms. The van der Waals surface area contributed by atoms with Crippen LogP contribution in [0.25, 0.3) is 0 Å². The minimum absolute atomic E-state index is 0.128. The van der Waals surface area contributed by atoms with Gasteiger partial charge in [-0.25, -0.2) is 0 Å². The van der Waals surface area contributed by atoms with Crippen molar-refractivity contribution in [2.45, 2.75) is 51.0 Å². The minimum atomic E-state index is 0.128. The first-order chi connectivity index (χ1) is 8.42. The summed E-state index contributed by atoms with van der Waals surface area (Å²) >= 11 is 3.68. The molecule has 100 valence electrons. The summed E-state index contributed by atoms with van der Waals surface area (Å²) < 4.78 is 6.76. The molecular weight excluding hydrogens is 290 g/mol. The molecule has 1 aromatic rings. The number of hydrogen-bond donors (Lipinski definition) is 1. The van der Waals surface area contributed by atoms with Crippen LogP contribution in [0.5, 0.6) is 5.75 Å². The molecule has 0 bridgehead atoms. The second-order valence-electron chi connectivity index (χ2n) is 5.67. The summed E-state index contributed by atoms with van der Waals surface area (Å²) in [6, 6.07) is 4.54. The fraction of sp³-hybridized carbons (Fsp3) is 0.600. The van der Waals surface area contributed by atoms with Crippen molar-refractivity contribution in [2.24, 2.45) is 5.73 Å². The highest BCUT2D eigenvalue weighted by atomic mass is 79.9. The van der Waals surface area contributed by atoms with Crippen LogP contribution in [0.1, 0.15) is 50.7 Å². The second kappa shape index (κ2) is 4.86. The molecule has 1 atom stereocenters. The zero-order valence-corrected chi connectivity index (χ0v) is 13.2. The van der Waals surface area contributed by atoms with E-state index < -0.39 is 0 Å². The van der Waals surface area contributed by atoms with E-state index in [0.717, 1.165) is 18.6 Å². The van der Waals surface area contributed by atoms with Gasteiger partial charge in [-0.3, -0.25) is 0 Å². The molecule has 2 N–H and O–H groups in total. The van der Waals surface area contributed by atoms with Gasteiger partial charge in [-0.05, 0) is 43.4 Å². The molecule has 1 saturated carbocycles. The summed E-state index contributed by atoms with van der Waals surface area (Å²) in [5, 5.41) is 0. The zero-order chi connectivity index (χ0) is 13.5. The highest BCUT2D eigenvalue weighted by molar-refractivity contribution is 9.10. The number of rotatable bonds is 4. The average Bonchev–Trinajstić information content (AvgIpc) is 3.09. The molecule has 0 radical (unpaired) electrons. The van der Waals surface area contributed by atoms with Gasteiger partial charge in [-0.1, -0.05) is 29.8 Å². The third kappa shape index (κ3) is 2.19. The number of hydrogen-bond acceptors (Lipinski definition) is 2. The lowest BCUT2D eigenvalue weighted by Crippen LogP contribution is -2.32. The minimum Gasteiger partial charge on any atom is -0.496 e. The lowest BCUT2D eigenvalue weighted by Gasteiger charge is -2.24. The largest absolute Gasteiger partial charge is 0.496 e. The fourth-order valence-corrected chi connectivity index (χ4v) is 3.48. The fourth-order valence-electron chi connectivity index (χ4n) is 2.67. The molecule has 2 rings (SSSR count). The summed E-state index contributed by atoms with van der Waals surface area (Å²) in [4.78, 5) is 0. The Hall–Kier alpha value is -0.540. The first-order valence-electron chi connectivity index (χ1n) is 6.56.